The van der Waals surface area contributed by atoms with Gasteiger partial charge < -0.3 is 9.80 Å². The van der Waals surface area contributed by atoms with Crippen LogP contribution in [0, 0.1) is 15.9 Å². The summed E-state index contributed by atoms with van der Waals surface area (Å²) >= 11 is 0. The second kappa shape index (κ2) is 8.66. The van der Waals surface area contributed by atoms with Crippen molar-refractivity contribution in [3.8, 4) is 0 Å². The Bertz CT molecular complexity index is 1050. The Morgan fingerprint density at radius 1 is 1.13 bits per heavy atom. The molecule has 0 bridgehead atoms. The summed E-state index contributed by atoms with van der Waals surface area (Å²) in [6.07, 6.45) is 0.940. The van der Waals surface area contributed by atoms with Crippen molar-refractivity contribution in [1.29, 1.82) is 0 Å². The van der Waals surface area contributed by atoms with Crippen molar-refractivity contribution < 1.29 is 22.5 Å². The fourth-order valence-electron chi connectivity index (χ4n) is 3.29. The lowest BCUT2D eigenvalue weighted by Gasteiger charge is -2.37. The molecule has 0 spiro atoms. The highest BCUT2D eigenvalue weighted by atomic mass is 32.2. The van der Waals surface area contributed by atoms with Crippen molar-refractivity contribution in [2.75, 3.05) is 48.2 Å². The third-order valence-corrected chi connectivity index (χ3v) is 5.97. The van der Waals surface area contributed by atoms with Gasteiger partial charge in [0.1, 0.15) is 12.4 Å². The lowest BCUT2D eigenvalue weighted by atomic mass is 10.2. The first kappa shape index (κ1) is 21.5. The number of non-ortho nitro benzene ring substituents is 1. The van der Waals surface area contributed by atoms with Gasteiger partial charge in [0, 0.05) is 38.3 Å². The maximum Gasteiger partial charge on any atom is 0.271 e. The summed E-state index contributed by atoms with van der Waals surface area (Å²) in [7, 11) is -3.85. The van der Waals surface area contributed by atoms with Crippen LogP contribution in [-0.2, 0) is 14.8 Å². The molecule has 0 atom stereocenters. The van der Waals surface area contributed by atoms with Gasteiger partial charge in [0.05, 0.1) is 22.6 Å². The Morgan fingerprint density at radius 3 is 2.40 bits per heavy atom. The number of hydrogen-bond donors (Lipinski definition) is 0. The van der Waals surface area contributed by atoms with E-state index in [9.17, 15) is 27.7 Å². The molecule has 0 radical (unpaired) electrons. The van der Waals surface area contributed by atoms with Crippen LogP contribution in [0.4, 0.5) is 21.5 Å². The highest BCUT2D eigenvalue weighted by Crippen LogP contribution is 2.24. The predicted octanol–water partition coefficient (Wildman–Crippen LogP) is 1.85. The zero-order chi connectivity index (χ0) is 21.9. The average molecular weight is 436 g/mol. The number of halogens is 1. The molecule has 0 saturated carbocycles. The molecule has 0 N–H and O–H groups in total. The summed E-state index contributed by atoms with van der Waals surface area (Å²) in [5.74, 6) is -0.772. The molecule has 1 saturated heterocycles. The molecule has 0 unspecified atom stereocenters. The fourth-order valence-corrected chi connectivity index (χ4v) is 4.13. The van der Waals surface area contributed by atoms with Gasteiger partial charge in [-0.25, -0.2) is 12.8 Å². The number of anilines is 2. The van der Waals surface area contributed by atoms with Gasteiger partial charge in [0.2, 0.25) is 15.9 Å². The number of benzene rings is 2. The fraction of sp³-hybridized carbons (Fsp3) is 0.316. The predicted molar refractivity (Wildman–Crippen MR) is 110 cm³/mol. The summed E-state index contributed by atoms with van der Waals surface area (Å²) in [6.45, 7) is 0.948. The van der Waals surface area contributed by atoms with Crippen LogP contribution < -0.4 is 9.21 Å². The van der Waals surface area contributed by atoms with E-state index in [-0.39, 0.29) is 17.2 Å². The number of piperazine rings is 1. The van der Waals surface area contributed by atoms with Crippen LogP contribution >= 0.6 is 0 Å². The Balaban J connectivity index is 1.71. The van der Waals surface area contributed by atoms with E-state index >= 15 is 0 Å². The van der Waals surface area contributed by atoms with Crippen LogP contribution in [-0.4, -0.2) is 63.1 Å². The number of rotatable bonds is 6. The molecular formula is C19H21FN4O5S. The lowest BCUT2D eigenvalue weighted by Crippen LogP contribution is -2.52. The van der Waals surface area contributed by atoms with Gasteiger partial charge in [0.25, 0.3) is 5.69 Å². The first-order valence-electron chi connectivity index (χ1n) is 9.16. The molecule has 1 amide bonds. The summed E-state index contributed by atoms with van der Waals surface area (Å²) in [5.41, 5.74) is 0.233. The molecule has 160 valence electrons. The first-order valence-corrected chi connectivity index (χ1v) is 11.0. The number of nitro groups is 1. The highest BCUT2D eigenvalue weighted by Gasteiger charge is 2.28. The lowest BCUT2D eigenvalue weighted by molar-refractivity contribution is -0.384. The second-order valence-electron chi connectivity index (χ2n) is 6.87. The van der Waals surface area contributed by atoms with Gasteiger partial charge in [-0.05, 0) is 18.2 Å². The SMILES string of the molecule is CS(=O)(=O)N(CC(=O)N1CCN(c2ccccc2F)CC1)c1cccc([N+](=O)[O-])c1. The molecule has 0 aliphatic carbocycles. The molecular weight excluding hydrogens is 415 g/mol. The Labute approximate surface area is 173 Å². The van der Waals surface area contributed by atoms with Crippen molar-refractivity contribution in [1.82, 2.24) is 4.90 Å². The molecule has 11 heteroatoms. The topological polar surface area (TPSA) is 104 Å². The van der Waals surface area contributed by atoms with Crippen LogP contribution in [0.5, 0.6) is 0 Å². The van der Waals surface area contributed by atoms with Crippen molar-refractivity contribution in [3.05, 3.63) is 64.5 Å². The Hall–Kier alpha value is -3.21. The molecule has 1 fully saturated rings. The van der Waals surface area contributed by atoms with Crippen molar-refractivity contribution >= 4 is 33.0 Å². The summed E-state index contributed by atoms with van der Waals surface area (Å²) in [5, 5.41) is 11.0. The van der Waals surface area contributed by atoms with E-state index in [1.807, 2.05) is 4.90 Å². The number of sulfonamides is 1. The smallest absolute Gasteiger partial charge is 0.271 e. The average Bonchev–Trinajstić information content (AvgIpc) is 2.71. The molecule has 3 rings (SSSR count). The van der Waals surface area contributed by atoms with Gasteiger partial charge in [-0.15, -0.1) is 0 Å². The Kier molecular flexibility index (Phi) is 6.20. The van der Waals surface area contributed by atoms with Crippen LogP contribution in [0.3, 0.4) is 0 Å². The highest BCUT2D eigenvalue weighted by molar-refractivity contribution is 7.92. The standard InChI is InChI=1S/C19H21FN4O5S/c1-30(28,29)23(15-5-4-6-16(13-15)24(26)27)14-19(25)22-11-9-21(10-12-22)18-8-3-2-7-17(18)20/h2-8,13H,9-12,14H2,1H3. The minimum absolute atomic E-state index is 0.0463. The molecule has 30 heavy (non-hydrogen) atoms. The first-order chi connectivity index (χ1) is 14.2. The van der Waals surface area contributed by atoms with Gasteiger partial charge in [-0.1, -0.05) is 18.2 Å². The number of carbonyl (C=O) groups is 1. The van der Waals surface area contributed by atoms with Crippen molar-refractivity contribution in [2.45, 2.75) is 0 Å². The minimum atomic E-state index is -3.85. The monoisotopic (exact) mass is 436 g/mol. The zero-order valence-electron chi connectivity index (χ0n) is 16.3. The molecule has 1 aliphatic rings. The molecule has 2 aromatic rings. The van der Waals surface area contributed by atoms with E-state index in [2.05, 4.69) is 0 Å². The van der Waals surface area contributed by atoms with E-state index < -0.39 is 27.4 Å². The zero-order valence-corrected chi connectivity index (χ0v) is 17.1. The second-order valence-corrected chi connectivity index (χ2v) is 8.77. The van der Waals surface area contributed by atoms with E-state index in [1.165, 1.54) is 29.2 Å². The van der Waals surface area contributed by atoms with Gasteiger partial charge in [0.15, 0.2) is 0 Å². The quantitative estimate of drug-likeness (QED) is 0.506. The van der Waals surface area contributed by atoms with Crippen LogP contribution in [0.25, 0.3) is 0 Å². The Morgan fingerprint density at radius 2 is 1.80 bits per heavy atom. The van der Waals surface area contributed by atoms with Crippen molar-refractivity contribution in [2.24, 2.45) is 0 Å². The summed E-state index contributed by atoms with van der Waals surface area (Å²) in [4.78, 5) is 26.5. The van der Waals surface area contributed by atoms with Gasteiger partial charge in [-0.3, -0.25) is 19.2 Å². The molecule has 0 aromatic heterocycles. The third-order valence-electron chi connectivity index (χ3n) is 4.83. The maximum absolute atomic E-state index is 14.0. The van der Waals surface area contributed by atoms with Gasteiger partial charge >= 0.3 is 0 Å². The number of nitrogens with zero attached hydrogens (tertiary/aromatic N) is 4. The van der Waals surface area contributed by atoms with Crippen molar-refractivity contribution in [3.63, 3.8) is 0 Å². The molecule has 1 aliphatic heterocycles. The largest absolute Gasteiger partial charge is 0.366 e. The van der Waals surface area contributed by atoms with E-state index in [0.717, 1.165) is 16.6 Å². The summed E-state index contributed by atoms with van der Waals surface area (Å²) in [6, 6.07) is 11.5. The number of amides is 1. The van der Waals surface area contributed by atoms with Crippen LogP contribution in [0.15, 0.2) is 48.5 Å². The number of carbonyl (C=O) groups excluding carboxylic acids is 1. The van der Waals surface area contributed by atoms with Crippen LogP contribution in [0.1, 0.15) is 0 Å². The third kappa shape index (κ3) is 4.85. The molecule has 9 nitrogen and oxygen atoms in total. The normalized spacial score (nSPS) is 14.5. The van der Waals surface area contributed by atoms with E-state index in [4.69, 9.17) is 0 Å². The van der Waals surface area contributed by atoms with Crippen LogP contribution in [0.2, 0.25) is 0 Å². The van der Waals surface area contributed by atoms with E-state index in [1.54, 1.807) is 18.2 Å². The number of hydrogen-bond acceptors (Lipinski definition) is 6. The molecule has 1 heterocycles. The van der Waals surface area contributed by atoms with E-state index in [0.29, 0.717) is 31.9 Å². The summed E-state index contributed by atoms with van der Waals surface area (Å²) < 4.78 is 39.3. The van der Waals surface area contributed by atoms with Gasteiger partial charge in [-0.2, -0.15) is 0 Å². The number of nitro benzene ring substituents is 1. The minimum Gasteiger partial charge on any atom is -0.366 e. The maximum atomic E-state index is 14.0. The number of para-hydroxylation sites is 1. The molecule has 2 aromatic carbocycles.